The van der Waals surface area contributed by atoms with Crippen molar-refractivity contribution in [3.63, 3.8) is 0 Å². The topological polar surface area (TPSA) is 140 Å². The zero-order valence-corrected chi connectivity index (χ0v) is 52.0. The van der Waals surface area contributed by atoms with Crippen LogP contribution < -0.4 is 30.4 Å². The molecule has 0 aliphatic rings. The first-order chi connectivity index (χ1) is 40.7. The summed E-state index contributed by atoms with van der Waals surface area (Å²) < 4.78 is 30.2. The lowest BCUT2D eigenvalue weighted by atomic mass is 9.96. The van der Waals surface area contributed by atoms with E-state index in [2.05, 4.69) is 107 Å². The van der Waals surface area contributed by atoms with Crippen LogP contribution in [-0.2, 0) is 9.53 Å². The van der Waals surface area contributed by atoms with Gasteiger partial charge in [0, 0.05) is 31.1 Å². The summed E-state index contributed by atoms with van der Waals surface area (Å²) in [6, 6.07) is 43.5. The minimum Gasteiger partial charge on any atom is -0.497 e. The number of para-hydroxylation sites is 1. The van der Waals surface area contributed by atoms with E-state index in [0.29, 0.717) is 43.0 Å². The zero-order chi connectivity index (χ0) is 60.0. The van der Waals surface area contributed by atoms with Crippen LogP contribution in [0, 0.1) is 11.8 Å². The van der Waals surface area contributed by atoms with Gasteiger partial charge < -0.3 is 35.2 Å². The Morgan fingerprint density at radius 3 is 1.63 bits per heavy atom. The molecule has 0 aliphatic carbocycles. The fourth-order valence-electron chi connectivity index (χ4n) is 9.52. The second-order valence-corrected chi connectivity index (χ2v) is 21.2. The number of hydrogen-bond acceptors (Lipinski definition) is 9. The number of rotatable bonds is 39. The van der Waals surface area contributed by atoms with Gasteiger partial charge in [-0.15, -0.1) is 0 Å². The lowest BCUT2D eigenvalue weighted by Gasteiger charge is -2.18. The van der Waals surface area contributed by atoms with Crippen molar-refractivity contribution in [1.82, 2.24) is 0 Å². The Labute approximate surface area is 501 Å². The van der Waals surface area contributed by atoms with E-state index in [0.717, 1.165) is 123 Å². The third-order valence-electron chi connectivity index (χ3n) is 14.7. The maximum absolute atomic E-state index is 8.87. The average molecular weight is 1130 g/mol. The number of amidine groups is 1. The van der Waals surface area contributed by atoms with E-state index in [9.17, 15) is 0 Å². The molecule has 0 aromatic heterocycles. The molecule has 452 valence electrons. The Hall–Kier alpha value is -6.71. The number of nitrogens with two attached hydrogens (primary N) is 2. The van der Waals surface area contributed by atoms with Crippen molar-refractivity contribution in [2.24, 2.45) is 33.3 Å². The second-order valence-electron chi connectivity index (χ2n) is 21.2. The number of nitrogens with zero attached hydrogens (tertiary/aromatic N) is 2. The molecular weight excluding hydrogens is 1030 g/mol. The number of aliphatic imine (C=N–C) groups is 2. The average Bonchev–Trinajstić information content (AvgIpc) is 3.55. The van der Waals surface area contributed by atoms with Crippen molar-refractivity contribution in [2.75, 3.05) is 47.2 Å². The first kappa shape index (κ1) is 70.6. The van der Waals surface area contributed by atoms with Gasteiger partial charge in [0.2, 0.25) is 0 Å². The van der Waals surface area contributed by atoms with Gasteiger partial charge in [-0.2, -0.15) is 0 Å². The highest BCUT2D eigenvalue weighted by atomic mass is 16.5. The molecule has 0 spiro atoms. The third kappa shape index (κ3) is 29.4. The molecule has 0 saturated heterocycles. The smallest absolute Gasteiger partial charge is 0.163 e. The molecule has 0 bridgehead atoms. The van der Waals surface area contributed by atoms with Gasteiger partial charge in [0.25, 0.3) is 0 Å². The van der Waals surface area contributed by atoms with Crippen LogP contribution >= 0.6 is 0 Å². The van der Waals surface area contributed by atoms with Crippen LogP contribution in [0.3, 0.4) is 0 Å². The normalized spacial score (nSPS) is 11.9. The summed E-state index contributed by atoms with van der Waals surface area (Å²) >= 11 is 0. The summed E-state index contributed by atoms with van der Waals surface area (Å²) in [5.74, 6) is 6.17. The van der Waals surface area contributed by atoms with Gasteiger partial charge in [-0.25, -0.2) is 14.8 Å². The van der Waals surface area contributed by atoms with Crippen LogP contribution in [0.5, 0.6) is 23.0 Å². The zero-order valence-electron chi connectivity index (χ0n) is 52.0. The Kier molecular flexibility index (Phi) is 38.9. The Morgan fingerprint density at radius 1 is 0.566 bits per heavy atom. The van der Waals surface area contributed by atoms with Gasteiger partial charge >= 0.3 is 0 Å². The largest absolute Gasteiger partial charge is 0.497 e. The van der Waals surface area contributed by atoms with Crippen molar-refractivity contribution in [1.29, 1.82) is 0 Å². The van der Waals surface area contributed by atoms with Crippen LogP contribution in [-0.4, -0.2) is 64.7 Å². The summed E-state index contributed by atoms with van der Waals surface area (Å²) in [4.78, 5) is 19.3. The first-order valence-electron chi connectivity index (χ1n) is 31.2. The fourth-order valence-corrected chi connectivity index (χ4v) is 9.52. The molecule has 10 heteroatoms. The van der Waals surface area contributed by atoms with E-state index in [1.165, 1.54) is 99.7 Å². The molecule has 0 aliphatic heterocycles. The summed E-state index contributed by atoms with van der Waals surface area (Å²) in [6.07, 6.45) is 27.7. The van der Waals surface area contributed by atoms with E-state index in [-0.39, 0.29) is 0 Å². The summed E-state index contributed by atoms with van der Waals surface area (Å²) in [5, 5.41) is 0. The molecule has 0 fully saturated rings. The predicted octanol–water partition coefficient (Wildman–Crippen LogP) is 18.3. The molecule has 0 amide bonds. The highest BCUT2D eigenvalue weighted by molar-refractivity contribution is 6.13. The number of benzene rings is 5. The van der Waals surface area contributed by atoms with Gasteiger partial charge in [0.1, 0.15) is 28.9 Å². The lowest BCUT2D eigenvalue weighted by Crippen LogP contribution is -2.12. The van der Waals surface area contributed by atoms with Gasteiger partial charge in [-0.3, -0.25) is 0 Å². The minimum absolute atomic E-state index is 0.501. The second kappa shape index (κ2) is 45.8. The first-order valence-corrected chi connectivity index (χ1v) is 31.2. The summed E-state index contributed by atoms with van der Waals surface area (Å²) in [7, 11) is 3.46. The van der Waals surface area contributed by atoms with E-state index in [4.69, 9.17) is 44.2 Å². The molecule has 0 radical (unpaired) electrons. The van der Waals surface area contributed by atoms with Crippen LogP contribution in [0.25, 0.3) is 11.3 Å². The molecule has 0 saturated carbocycles. The van der Waals surface area contributed by atoms with Crippen molar-refractivity contribution < 1.29 is 28.5 Å². The molecule has 0 heterocycles. The number of unbranched alkanes of at least 4 members (excludes halogenated alkanes) is 13. The maximum atomic E-state index is 8.87. The van der Waals surface area contributed by atoms with Crippen molar-refractivity contribution >= 4 is 28.8 Å². The number of carbonyl (C=O) groups excluding carboxylic acids is 1. The molecule has 2 atom stereocenters. The fraction of sp³-hybridized carbons (Fsp3) is 0.479. The summed E-state index contributed by atoms with van der Waals surface area (Å²) in [5.41, 5.74) is 18.0. The number of methoxy groups -OCH3 is 2. The predicted molar refractivity (Wildman–Crippen MR) is 352 cm³/mol. The molecule has 83 heavy (non-hydrogen) atoms. The van der Waals surface area contributed by atoms with Crippen molar-refractivity contribution in [3.05, 3.63) is 174 Å². The van der Waals surface area contributed by atoms with Gasteiger partial charge in [-0.05, 0) is 141 Å². The third-order valence-corrected chi connectivity index (χ3v) is 14.7. The Morgan fingerprint density at radius 2 is 1.08 bits per heavy atom. The molecule has 5 aromatic carbocycles. The standard InChI is InChI=1S/C62H81N3O4.C9H20O.C2H3NO/c1-6-8-30-51(7-2)48-69-56-42-43-59(61(47-56)68-46-29-16-12-9-10-14-24-36-58(53-31-20-18-21-32-53)54-33-22-19-23-34-54)62(64-49(3)52-38-40-55(66-5)41-39-52)65-50(4)57-35-25-26-37-60(57)67-45-28-17-13-11-15-27-44-63;1-4-6-7-9(5-2)8-10-3;3-1-2-4/h18-23,25-26,31-43,47,51H,4,6-17,24,27-30,44-46,48,63H2,1-3,5H3;9H,4-8H2,1-3H3;1H,3H2. The number of hydrogen-bond donors (Lipinski definition) is 2. The SMILES string of the molecule is C=C(N=C(N=C(C)c1ccc(OC)cc1)c1ccc(OCC(CC)CCCC)cc1OCCCCCCCCC=C(c1ccccc1)c1ccccc1)c1ccccc1OCCCCCCCCN.CCCCC(CC)COC.NC=C=O. The highest BCUT2D eigenvalue weighted by Gasteiger charge is 2.17. The Balaban J connectivity index is 0.00000114. The van der Waals surface area contributed by atoms with Crippen LogP contribution in [0.4, 0.5) is 0 Å². The lowest BCUT2D eigenvalue weighted by molar-refractivity contribution is 0.144. The van der Waals surface area contributed by atoms with Gasteiger partial charge in [-0.1, -0.05) is 203 Å². The van der Waals surface area contributed by atoms with Crippen LogP contribution in [0.15, 0.2) is 156 Å². The molecule has 4 N–H and O–H groups in total. The van der Waals surface area contributed by atoms with Gasteiger partial charge in [0.05, 0.1) is 44.4 Å². The van der Waals surface area contributed by atoms with Crippen molar-refractivity contribution in [2.45, 2.75) is 169 Å². The van der Waals surface area contributed by atoms with E-state index in [1.54, 1.807) is 14.2 Å². The van der Waals surface area contributed by atoms with Crippen LogP contribution in [0.1, 0.15) is 197 Å². The minimum atomic E-state index is 0.501. The molecule has 5 aromatic rings. The van der Waals surface area contributed by atoms with E-state index < -0.39 is 0 Å². The molecule has 5 rings (SSSR count). The van der Waals surface area contributed by atoms with E-state index >= 15 is 0 Å². The summed E-state index contributed by atoms with van der Waals surface area (Å²) in [6.45, 7) is 19.0. The molecule has 10 nitrogen and oxygen atoms in total. The highest BCUT2D eigenvalue weighted by Crippen LogP contribution is 2.32. The van der Waals surface area contributed by atoms with Crippen LogP contribution in [0.2, 0.25) is 0 Å². The maximum Gasteiger partial charge on any atom is 0.163 e. The van der Waals surface area contributed by atoms with E-state index in [1.807, 2.05) is 73.7 Å². The quantitative estimate of drug-likeness (QED) is 0.0172. The number of allylic oxidation sites excluding steroid dienone is 1. The Bertz CT molecular complexity index is 2570. The monoisotopic (exact) mass is 1130 g/mol. The number of ether oxygens (including phenoxy) is 5. The molecule has 2 unspecified atom stereocenters. The molecular formula is C73H104N4O6. The van der Waals surface area contributed by atoms with Gasteiger partial charge in [0.15, 0.2) is 5.84 Å². The van der Waals surface area contributed by atoms with Crippen molar-refractivity contribution in [3.8, 4) is 23.0 Å².